The molecule has 2 atom stereocenters. The second kappa shape index (κ2) is 50.6. The van der Waals surface area contributed by atoms with E-state index in [2.05, 4.69) is 62.6 Å². The van der Waals surface area contributed by atoms with E-state index in [4.69, 9.17) is 0 Å². The molecule has 0 radical (unpaired) electrons. The molecule has 0 aliphatic heterocycles. The molecule has 0 spiro atoms. The Balaban J connectivity index is 2.47. The minimum Gasteiger partial charge on any atom is -0.335 e. The van der Waals surface area contributed by atoms with Crippen molar-refractivity contribution in [2.45, 2.75) is 362 Å². The van der Waals surface area contributed by atoms with E-state index in [0.29, 0.717) is 6.04 Å². The number of rotatable bonds is 55. The number of unbranched alkanes of at least 4 members (excludes halogenated alkanes) is 33. The third-order valence-corrected chi connectivity index (χ3v) is 15.6. The fraction of sp³-hybridized carbons (Fsp3) is 0.952. The van der Waals surface area contributed by atoms with Gasteiger partial charge in [-0.05, 0) is 62.8 Å². The summed E-state index contributed by atoms with van der Waals surface area (Å²) in [5, 5.41) is 4.11. The molecule has 1 heterocycles. The summed E-state index contributed by atoms with van der Waals surface area (Å²) in [7, 11) is 0. The average molecular weight is 925 g/mol. The lowest BCUT2D eigenvalue weighted by molar-refractivity contribution is 0.342. The van der Waals surface area contributed by atoms with Crippen LogP contribution in [-0.2, 0) is 13.0 Å². The van der Waals surface area contributed by atoms with Gasteiger partial charge in [-0.3, -0.25) is 0 Å². The van der Waals surface area contributed by atoms with Crippen LogP contribution in [0.1, 0.15) is 349 Å². The van der Waals surface area contributed by atoms with Gasteiger partial charge in [-0.15, -0.1) is 0 Å². The van der Waals surface area contributed by atoms with Crippen molar-refractivity contribution in [3.8, 4) is 0 Å². The Hall–Kier alpha value is -0.830. The van der Waals surface area contributed by atoms with E-state index in [9.17, 15) is 0 Å². The molecule has 0 bridgehead atoms. The average Bonchev–Trinajstić information content (AvgIpc) is 3.77. The SMILES string of the molecule is CCCCCCCCCCCCCCCCCCC(CCCCCCCCCCCCCCCCCC)CCCCC(CCC(C)CCCC(C)C)NCCCCn1ccnc1CCCC. The Bertz CT molecular complexity index is 1010. The van der Waals surface area contributed by atoms with Crippen LogP contribution in [0.4, 0.5) is 0 Å². The van der Waals surface area contributed by atoms with Crippen LogP contribution in [-0.4, -0.2) is 22.1 Å². The zero-order chi connectivity index (χ0) is 47.6. The number of nitrogens with zero attached hydrogens (tertiary/aromatic N) is 2. The van der Waals surface area contributed by atoms with E-state index >= 15 is 0 Å². The van der Waals surface area contributed by atoms with Crippen molar-refractivity contribution in [2.75, 3.05) is 6.54 Å². The maximum absolute atomic E-state index is 4.66. The Labute approximate surface area is 418 Å². The van der Waals surface area contributed by atoms with Crippen LogP contribution in [0.15, 0.2) is 12.4 Å². The van der Waals surface area contributed by atoms with Gasteiger partial charge in [0, 0.05) is 31.4 Å². The van der Waals surface area contributed by atoms with Crippen LogP contribution >= 0.6 is 0 Å². The Morgan fingerprint density at radius 2 is 0.803 bits per heavy atom. The molecule has 3 heteroatoms. The molecule has 66 heavy (non-hydrogen) atoms. The molecule has 1 aromatic heterocycles. The Kier molecular flexibility index (Phi) is 48.4. The molecule has 1 rings (SSSR count). The lowest BCUT2D eigenvalue weighted by atomic mass is 9.88. The first-order chi connectivity index (χ1) is 32.5. The topological polar surface area (TPSA) is 29.9 Å². The van der Waals surface area contributed by atoms with Gasteiger partial charge in [0.1, 0.15) is 5.82 Å². The highest BCUT2D eigenvalue weighted by atomic mass is 15.1. The van der Waals surface area contributed by atoms with Gasteiger partial charge in [-0.2, -0.15) is 0 Å². The maximum Gasteiger partial charge on any atom is 0.108 e. The minimum atomic E-state index is 0.699. The number of hydrogen-bond acceptors (Lipinski definition) is 2. The van der Waals surface area contributed by atoms with Crippen LogP contribution in [0, 0.1) is 17.8 Å². The first-order valence-electron chi connectivity index (χ1n) is 31.2. The second-order valence-electron chi connectivity index (χ2n) is 22.8. The van der Waals surface area contributed by atoms with Gasteiger partial charge in [-0.1, -0.05) is 305 Å². The van der Waals surface area contributed by atoms with Crippen LogP contribution in [0.25, 0.3) is 0 Å². The van der Waals surface area contributed by atoms with Gasteiger partial charge in [-0.25, -0.2) is 4.98 Å². The van der Waals surface area contributed by atoms with Crippen molar-refractivity contribution >= 4 is 0 Å². The van der Waals surface area contributed by atoms with Crippen LogP contribution in [0.5, 0.6) is 0 Å². The van der Waals surface area contributed by atoms with Crippen molar-refractivity contribution in [1.82, 2.24) is 14.9 Å². The molecule has 1 N–H and O–H groups in total. The fourth-order valence-electron chi connectivity index (χ4n) is 10.9. The van der Waals surface area contributed by atoms with Crippen molar-refractivity contribution in [1.29, 1.82) is 0 Å². The third-order valence-electron chi connectivity index (χ3n) is 15.6. The predicted molar refractivity (Wildman–Crippen MR) is 299 cm³/mol. The molecule has 0 aliphatic carbocycles. The van der Waals surface area contributed by atoms with E-state index < -0.39 is 0 Å². The van der Waals surface area contributed by atoms with E-state index in [1.54, 1.807) is 0 Å². The zero-order valence-electron chi connectivity index (χ0n) is 46.7. The Morgan fingerprint density at radius 3 is 1.24 bits per heavy atom. The largest absolute Gasteiger partial charge is 0.335 e. The number of aromatic nitrogens is 2. The van der Waals surface area contributed by atoms with E-state index in [1.807, 2.05) is 6.20 Å². The molecule has 0 aliphatic rings. The van der Waals surface area contributed by atoms with Gasteiger partial charge in [0.25, 0.3) is 0 Å². The molecule has 2 unspecified atom stereocenters. The van der Waals surface area contributed by atoms with E-state index in [-0.39, 0.29) is 0 Å². The summed E-state index contributed by atoms with van der Waals surface area (Å²) in [6.45, 7) is 16.5. The molecule has 1 aromatic rings. The van der Waals surface area contributed by atoms with Crippen molar-refractivity contribution in [3.63, 3.8) is 0 Å². The second-order valence-corrected chi connectivity index (χ2v) is 22.8. The molecule has 0 saturated carbocycles. The van der Waals surface area contributed by atoms with E-state index in [0.717, 1.165) is 30.7 Å². The summed E-state index contributed by atoms with van der Waals surface area (Å²) >= 11 is 0. The molecule has 0 fully saturated rings. The minimum absolute atomic E-state index is 0.699. The summed E-state index contributed by atoms with van der Waals surface area (Å²) in [6, 6.07) is 0.699. The smallest absolute Gasteiger partial charge is 0.108 e. The monoisotopic (exact) mass is 924 g/mol. The summed E-state index contributed by atoms with van der Waals surface area (Å²) in [5.74, 6) is 3.96. The van der Waals surface area contributed by atoms with Gasteiger partial charge in [0.15, 0.2) is 0 Å². The first kappa shape index (κ1) is 63.2. The molecular formula is C63H125N3. The summed E-state index contributed by atoms with van der Waals surface area (Å²) in [6.07, 6.45) is 73.1. The maximum atomic E-state index is 4.66. The van der Waals surface area contributed by atoms with Crippen LogP contribution in [0.3, 0.4) is 0 Å². The molecule has 392 valence electrons. The number of hydrogen-bond donors (Lipinski definition) is 1. The zero-order valence-corrected chi connectivity index (χ0v) is 46.7. The predicted octanol–water partition coefficient (Wildman–Crippen LogP) is 21.7. The number of imidazole rings is 1. The van der Waals surface area contributed by atoms with Gasteiger partial charge >= 0.3 is 0 Å². The molecular weight excluding hydrogens is 799 g/mol. The van der Waals surface area contributed by atoms with Crippen molar-refractivity contribution in [3.05, 3.63) is 18.2 Å². The van der Waals surface area contributed by atoms with Crippen LogP contribution < -0.4 is 5.32 Å². The van der Waals surface area contributed by atoms with Crippen LogP contribution in [0.2, 0.25) is 0 Å². The molecule has 0 saturated heterocycles. The van der Waals surface area contributed by atoms with Gasteiger partial charge in [0.2, 0.25) is 0 Å². The lowest BCUT2D eigenvalue weighted by Crippen LogP contribution is -2.30. The quantitative estimate of drug-likeness (QED) is 0.0660. The van der Waals surface area contributed by atoms with E-state index in [1.165, 1.54) is 314 Å². The standard InChI is InChI=1S/C63H125N3/c1-7-10-13-15-17-19-21-23-25-27-29-31-33-35-37-39-48-61(49-40-38-36-34-32-30-28-26-24-22-20-18-16-14-11-8-2)50-41-42-51-62(54-53-60(6)47-45-46-59(4)5)64-55-43-44-57-66-58-56-65-63(66)52-12-9-3/h56,58-62,64H,7-55,57H2,1-6H3. The molecule has 3 nitrogen and oxygen atoms in total. The van der Waals surface area contributed by atoms with Crippen molar-refractivity contribution in [2.24, 2.45) is 17.8 Å². The summed E-state index contributed by atoms with van der Waals surface area (Å²) in [5.41, 5.74) is 0. The fourth-order valence-corrected chi connectivity index (χ4v) is 10.9. The number of nitrogens with one attached hydrogen (secondary N) is 1. The third kappa shape index (κ3) is 43.2. The summed E-state index contributed by atoms with van der Waals surface area (Å²) in [4.78, 5) is 4.66. The van der Waals surface area contributed by atoms with Gasteiger partial charge in [0.05, 0.1) is 0 Å². The highest BCUT2D eigenvalue weighted by molar-refractivity contribution is 4.92. The van der Waals surface area contributed by atoms with Gasteiger partial charge < -0.3 is 9.88 Å². The summed E-state index contributed by atoms with van der Waals surface area (Å²) < 4.78 is 2.42. The molecule has 0 aromatic carbocycles. The Morgan fingerprint density at radius 1 is 0.394 bits per heavy atom. The highest BCUT2D eigenvalue weighted by Gasteiger charge is 2.14. The first-order valence-corrected chi connectivity index (χ1v) is 31.2. The highest BCUT2D eigenvalue weighted by Crippen LogP contribution is 2.26. The molecule has 0 amide bonds. The normalized spacial score (nSPS) is 12.9. The van der Waals surface area contributed by atoms with Crippen molar-refractivity contribution < 1.29 is 0 Å². The lowest BCUT2D eigenvalue weighted by Gasteiger charge is -2.22. The number of aryl methyl sites for hydroxylation is 2.